The molecule has 8 heteroatoms. The van der Waals surface area contributed by atoms with Crippen LogP contribution in [0.4, 0.5) is 15.8 Å². The van der Waals surface area contributed by atoms with E-state index in [4.69, 9.17) is 11.6 Å². The first kappa shape index (κ1) is 25.9. The van der Waals surface area contributed by atoms with Crippen molar-refractivity contribution in [3.63, 3.8) is 0 Å². The summed E-state index contributed by atoms with van der Waals surface area (Å²) in [5.41, 5.74) is 3.07. The van der Waals surface area contributed by atoms with Crippen molar-refractivity contribution >= 4 is 40.7 Å². The Balaban J connectivity index is 1.33. The zero-order valence-electron chi connectivity index (χ0n) is 20.7. The number of hydrogen-bond acceptors (Lipinski definition) is 4. The van der Waals surface area contributed by atoms with Crippen LogP contribution in [0.3, 0.4) is 0 Å². The molecule has 39 heavy (non-hydrogen) atoms. The summed E-state index contributed by atoms with van der Waals surface area (Å²) in [5.74, 6) is -2.01. The molecular weight excluding hydrogens is 517 g/mol. The van der Waals surface area contributed by atoms with Crippen molar-refractivity contribution in [3.05, 3.63) is 142 Å². The Morgan fingerprint density at radius 1 is 0.744 bits per heavy atom. The molecule has 0 aliphatic carbocycles. The van der Waals surface area contributed by atoms with E-state index in [1.807, 2.05) is 60.7 Å². The number of halogens is 2. The van der Waals surface area contributed by atoms with E-state index in [2.05, 4.69) is 5.32 Å². The molecule has 0 bridgehead atoms. The van der Waals surface area contributed by atoms with Gasteiger partial charge in [-0.05, 0) is 59.7 Å². The maximum Gasteiger partial charge on any atom is 0.283 e. The SMILES string of the molecule is O=C(c1ccc(NC2=C(Cl)C(=O)N(c3ccc(F)cc3)C2=O)cc1)N(Cc1ccccc1)Cc1ccccc1. The standard InChI is InChI=1S/C31H23ClFN3O3/c32-27-28(31(39)36(30(27)38)26-17-13-24(33)14-18-26)34-25-15-11-23(12-16-25)29(37)35(19-21-7-3-1-4-8-21)20-22-9-5-2-6-10-22/h1-18,34H,19-20H2. The molecule has 4 aromatic rings. The van der Waals surface area contributed by atoms with Gasteiger partial charge in [0.25, 0.3) is 17.7 Å². The van der Waals surface area contributed by atoms with Crippen LogP contribution in [0.5, 0.6) is 0 Å². The van der Waals surface area contributed by atoms with Gasteiger partial charge in [0.2, 0.25) is 0 Å². The van der Waals surface area contributed by atoms with Gasteiger partial charge in [-0.3, -0.25) is 14.4 Å². The van der Waals surface area contributed by atoms with Crippen molar-refractivity contribution < 1.29 is 18.8 Å². The van der Waals surface area contributed by atoms with Gasteiger partial charge in [0.1, 0.15) is 16.5 Å². The number of rotatable bonds is 8. The molecule has 0 aromatic heterocycles. The maximum absolute atomic E-state index is 13.5. The Morgan fingerprint density at radius 2 is 1.28 bits per heavy atom. The third-order valence-electron chi connectivity index (χ3n) is 6.23. The number of benzene rings is 4. The third kappa shape index (κ3) is 5.73. The number of nitrogens with zero attached hydrogens (tertiary/aromatic N) is 2. The van der Waals surface area contributed by atoms with Crippen LogP contribution in [-0.4, -0.2) is 22.6 Å². The number of imide groups is 1. The lowest BCUT2D eigenvalue weighted by Gasteiger charge is -2.23. The van der Waals surface area contributed by atoms with Crippen LogP contribution in [0, 0.1) is 5.82 Å². The highest BCUT2D eigenvalue weighted by molar-refractivity contribution is 6.53. The van der Waals surface area contributed by atoms with Gasteiger partial charge in [-0.15, -0.1) is 0 Å². The van der Waals surface area contributed by atoms with Crippen LogP contribution < -0.4 is 10.2 Å². The average molecular weight is 540 g/mol. The van der Waals surface area contributed by atoms with E-state index in [1.165, 1.54) is 12.1 Å². The van der Waals surface area contributed by atoms with Crippen molar-refractivity contribution in [1.29, 1.82) is 0 Å². The Bertz CT molecular complexity index is 1500. The summed E-state index contributed by atoms with van der Waals surface area (Å²) in [4.78, 5) is 41.8. The molecule has 0 saturated heterocycles. The van der Waals surface area contributed by atoms with E-state index in [0.29, 0.717) is 24.3 Å². The normalized spacial score (nSPS) is 13.1. The number of amides is 3. The largest absolute Gasteiger partial charge is 0.350 e. The zero-order valence-corrected chi connectivity index (χ0v) is 21.4. The fourth-order valence-electron chi connectivity index (χ4n) is 4.27. The lowest BCUT2D eigenvalue weighted by Crippen LogP contribution is -2.32. The topological polar surface area (TPSA) is 69.7 Å². The summed E-state index contributed by atoms with van der Waals surface area (Å²) < 4.78 is 13.3. The predicted molar refractivity (Wildman–Crippen MR) is 148 cm³/mol. The first-order valence-electron chi connectivity index (χ1n) is 12.2. The lowest BCUT2D eigenvalue weighted by molar-refractivity contribution is -0.120. The average Bonchev–Trinajstić information content (AvgIpc) is 3.17. The monoisotopic (exact) mass is 539 g/mol. The molecule has 0 atom stereocenters. The van der Waals surface area contributed by atoms with E-state index < -0.39 is 17.6 Å². The first-order valence-corrected chi connectivity index (χ1v) is 12.6. The summed E-state index contributed by atoms with van der Waals surface area (Å²) in [5, 5.41) is 2.62. The van der Waals surface area contributed by atoms with Crippen molar-refractivity contribution in [2.24, 2.45) is 0 Å². The number of carbonyl (C=O) groups excluding carboxylic acids is 3. The van der Waals surface area contributed by atoms with Crippen LogP contribution in [-0.2, 0) is 22.7 Å². The van der Waals surface area contributed by atoms with Crippen molar-refractivity contribution in [3.8, 4) is 0 Å². The van der Waals surface area contributed by atoms with E-state index in [9.17, 15) is 18.8 Å². The number of anilines is 2. The van der Waals surface area contributed by atoms with Crippen LogP contribution in [0.1, 0.15) is 21.5 Å². The number of hydrogen-bond donors (Lipinski definition) is 1. The fraction of sp³-hybridized carbons (Fsp3) is 0.0645. The van der Waals surface area contributed by atoms with Crippen LogP contribution in [0.25, 0.3) is 0 Å². The minimum absolute atomic E-state index is 0.0974. The Kier molecular flexibility index (Phi) is 7.52. The molecule has 0 fully saturated rings. The summed E-state index contributed by atoms with van der Waals surface area (Å²) in [6.45, 7) is 0.875. The molecule has 0 radical (unpaired) electrons. The molecule has 3 amide bonds. The Hall–Kier alpha value is -4.75. The van der Waals surface area contributed by atoms with Crippen LogP contribution >= 0.6 is 11.6 Å². The molecule has 194 valence electrons. The number of carbonyl (C=O) groups is 3. The fourth-order valence-corrected chi connectivity index (χ4v) is 4.48. The quantitative estimate of drug-likeness (QED) is 0.275. The van der Waals surface area contributed by atoms with Crippen molar-refractivity contribution in [2.45, 2.75) is 13.1 Å². The third-order valence-corrected chi connectivity index (χ3v) is 6.58. The number of nitrogens with one attached hydrogen (secondary N) is 1. The maximum atomic E-state index is 13.5. The molecular formula is C31H23ClFN3O3. The van der Waals surface area contributed by atoms with E-state index in [1.54, 1.807) is 29.2 Å². The van der Waals surface area contributed by atoms with Gasteiger partial charge in [0, 0.05) is 24.3 Å². The molecule has 0 spiro atoms. The van der Waals surface area contributed by atoms with Gasteiger partial charge in [-0.25, -0.2) is 9.29 Å². The lowest BCUT2D eigenvalue weighted by atomic mass is 10.1. The minimum Gasteiger partial charge on any atom is -0.350 e. The van der Waals surface area contributed by atoms with Gasteiger partial charge >= 0.3 is 0 Å². The summed E-state index contributed by atoms with van der Waals surface area (Å²) in [7, 11) is 0. The Morgan fingerprint density at radius 3 is 1.82 bits per heavy atom. The molecule has 0 saturated carbocycles. The highest BCUT2D eigenvalue weighted by atomic mass is 35.5. The van der Waals surface area contributed by atoms with Crippen molar-refractivity contribution in [2.75, 3.05) is 10.2 Å². The Labute approximate surface area is 229 Å². The summed E-state index contributed by atoms with van der Waals surface area (Å²) in [6, 6.07) is 31.1. The summed E-state index contributed by atoms with van der Waals surface area (Å²) >= 11 is 6.20. The molecule has 5 rings (SSSR count). The zero-order chi connectivity index (χ0) is 27.4. The minimum atomic E-state index is -0.708. The highest BCUT2D eigenvalue weighted by Gasteiger charge is 2.39. The highest BCUT2D eigenvalue weighted by Crippen LogP contribution is 2.30. The molecule has 0 unspecified atom stereocenters. The molecule has 1 aliphatic heterocycles. The second kappa shape index (κ2) is 11.3. The van der Waals surface area contributed by atoms with Gasteiger partial charge in [0.15, 0.2) is 0 Å². The smallest absolute Gasteiger partial charge is 0.283 e. The van der Waals surface area contributed by atoms with Gasteiger partial charge in [-0.1, -0.05) is 72.3 Å². The molecule has 6 nitrogen and oxygen atoms in total. The first-order chi connectivity index (χ1) is 18.9. The van der Waals surface area contributed by atoms with Crippen LogP contribution in [0.15, 0.2) is 120 Å². The molecule has 1 heterocycles. The molecule has 1 N–H and O–H groups in total. The van der Waals surface area contributed by atoms with Crippen LogP contribution in [0.2, 0.25) is 0 Å². The second-order valence-electron chi connectivity index (χ2n) is 8.95. The van der Waals surface area contributed by atoms with Crippen molar-refractivity contribution in [1.82, 2.24) is 4.90 Å². The predicted octanol–water partition coefficient (Wildman–Crippen LogP) is 6.10. The van der Waals surface area contributed by atoms with Gasteiger partial charge in [0.05, 0.1) is 5.69 Å². The van der Waals surface area contributed by atoms with E-state index in [-0.39, 0.29) is 22.3 Å². The molecule has 1 aliphatic rings. The van der Waals surface area contributed by atoms with E-state index in [0.717, 1.165) is 28.2 Å². The summed E-state index contributed by atoms with van der Waals surface area (Å²) in [6.07, 6.45) is 0. The molecule has 4 aromatic carbocycles. The van der Waals surface area contributed by atoms with E-state index >= 15 is 0 Å². The van der Waals surface area contributed by atoms with Gasteiger partial charge in [-0.2, -0.15) is 0 Å². The second-order valence-corrected chi connectivity index (χ2v) is 9.32. The van der Waals surface area contributed by atoms with Gasteiger partial charge < -0.3 is 10.2 Å².